The fraction of sp³-hybridized carbons (Fsp3) is 0.619. The third-order valence-electron chi connectivity index (χ3n) is 5.61. The highest BCUT2D eigenvalue weighted by Gasteiger charge is 2.35. The molecular formula is C21H28F3N3O4. The van der Waals surface area contributed by atoms with Gasteiger partial charge in [-0.1, -0.05) is 12.1 Å². The summed E-state index contributed by atoms with van der Waals surface area (Å²) < 4.78 is 49.0. The summed E-state index contributed by atoms with van der Waals surface area (Å²) in [5.74, 6) is -0.176. The van der Waals surface area contributed by atoms with E-state index in [-0.39, 0.29) is 24.5 Å². The van der Waals surface area contributed by atoms with E-state index in [4.69, 9.17) is 9.47 Å². The Hall–Kier alpha value is -2.49. The normalized spacial score (nSPS) is 22.2. The van der Waals surface area contributed by atoms with E-state index >= 15 is 0 Å². The van der Waals surface area contributed by atoms with Crippen LogP contribution in [0.25, 0.3) is 0 Å². The summed E-state index contributed by atoms with van der Waals surface area (Å²) in [5.41, 5.74) is 0.0439. The Morgan fingerprint density at radius 2 is 1.81 bits per heavy atom. The van der Waals surface area contributed by atoms with Gasteiger partial charge in [-0.25, -0.2) is 9.59 Å². The quantitative estimate of drug-likeness (QED) is 0.775. The fourth-order valence-electron chi connectivity index (χ4n) is 4.06. The van der Waals surface area contributed by atoms with E-state index in [1.807, 2.05) is 0 Å². The third kappa shape index (κ3) is 6.25. The molecule has 0 saturated carbocycles. The third-order valence-corrected chi connectivity index (χ3v) is 5.61. The SMILES string of the molecule is CCOC(=O)NCC1CC(c2ccc(C(F)(F)F)cc2)CN(C(=O)N2CCOCC2)C1. The van der Waals surface area contributed by atoms with Crippen LogP contribution in [0.3, 0.4) is 0 Å². The molecule has 0 bridgehead atoms. The standard InChI is InChI=1S/C21H28F3N3O4/c1-2-31-19(28)25-12-15-11-17(16-3-5-18(6-4-16)21(22,23)24)14-27(13-15)20(29)26-7-9-30-10-8-26/h3-6,15,17H,2,7-14H2,1H3,(H,25,28). The van der Waals surface area contributed by atoms with Crippen molar-refractivity contribution >= 4 is 12.1 Å². The lowest BCUT2D eigenvalue weighted by molar-refractivity contribution is -0.137. The molecule has 2 heterocycles. The molecule has 2 atom stereocenters. The van der Waals surface area contributed by atoms with Crippen LogP contribution >= 0.6 is 0 Å². The summed E-state index contributed by atoms with van der Waals surface area (Å²) in [7, 11) is 0. The average Bonchev–Trinajstić information content (AvgIpc) is 2.77. The molecule has 0 radical (unpaired) electrons. The van der Waals surface area contributed by atoms with Crippen molar-refractivity contribution in [3.8, 4) is 0 Å². The Kier molecular flexibility index (Phi) is 7.64. The van der Waals surface area contributed by atoms with Gasteiger partial charge in [0.25, 0.3) is 0 Å². The first-order chi connectivity index (χ1) is 14.8. The molecule has 3 rings (SSSR count). The number of carbonyl (C=O) groups excluding carboxylic acids is 2. The van der Waals surface area contributed by atoms with Crippen LogP contribution in [0.2, 0.25) is 0 Å². The summed E-state index contributed by atoms with van der Waals surface area (Å²) in [4.78, 5) is 28.2. The van der Waals surface area contributed by atoms with Gasteiger partial charge in [0.05, 0.1) is 25.4 Å². The molecule has 1 N–H and O–H groups in total. The van der Waals surface area contributed by atoms with E-state index in [2.05, 4.69) is 5.32 Å². The highest BCUT2D eigenvalue weighted by molar-refractivity contribution is 5.75. The van der Waals surface area contributed by atoms with Crippen LogP contribution in [-0.4, -0.2) is 74.5 Å². The van der Waals surface area contributed by atoms with Gasteiger partial charge in [0.1, 0.15) is 0 Å². The summed E-state index contributed by atoms with van der Waals surface area (Å²) in [5, 5.41) is 2.71. The van der Waals surface area contributed by atoms with Crippen molar-refractivity contribution in [1.82, 2.24) is 15.1 Å². The van der Waals surface area contributed by atoms with Crippen LogP contribution in [0, 0.1) is 5.92 Å². The molecule has 0 aliphatic carbocycles. The number of alkyl halides is 3. The maximum Gasteiger partial charge on any atom is 0.416 e. The zero-order valence-electron chi connectivity index (χ0n) is 17.5. The second-order valence-corrected chi connectivity index (χ2v) is 7.81. The van der Waals surface area contributed by atoms with Crippen molar-refractivity contribution in [3.63, 3.8) is 0 Å². The van der Waals surface area contributed by atoms with Crippen LogP contribution < -0.4 is 5.32 Å². The van der Waals surface area contributed by atoms with Crippen molar-refractivity contribution in [2.45, 2.75) is 25.4 Å². The number of piperidine rings is 1. The molecule has 31 heavy (non-hydrogen) atoms. The highest BCUT2D eigenvalue weighted by Crippen LogP contribution is 2.34. The molecule has 0 spiro atoms. The number of rotatable bonds is 4. The van der Waals surface area contributed by atoms with Crippen molar-refractivity contribution < 1.29 is 32.2 Å². The fourth-order valence-corrected chi connectivity index (χ4v) is 4.06. The summed E-state index contributed by atoms with van der Waals surface area (Å²) in [6.45, 7) is 5.14. The maximum atomic E-state index is 13.0. The minimum atomic E-state index is -4.39. The van der Waals surface area contributed by atoms with E-state index in [0.29, 0.717) is 52.4 Å². The molecule has 2 fully saturated rings. The molecule has 7 nitrogen and oxygen atoms in total. The molecule has 172 valence electrons. The minimum Gasteiger partial charge on any atom is -0.450 e. The van der Waals surface area contributed by atoms with E-state index in [0.717, 1.165) is 17.7 Å². The number of morpholine rings is 1. The molecule has 3 amide bonds. The maximum absolute atomic E-state index is 13.0. The number of amides is 3. The Bertz CT molecular complexity index is 751. The zero-order chi connectivity index (χ0) is 22.4. The Labute approximate surface area is 179 Å². The average molecular weight is 443 g/mol. The first kappa shape index (κ1) is 23.2. The molecule has 2 unspecified atom stereocenters. The minimum absolute atomic E-state index is 0.0459. The van der Waals surface area contributed by atoms with Gasteiger partial charge >= 0.3 is 18.3 Å². The first-order valence-corrected chi connectivity index (χ1v) is 10.5. The van der Waals surface area contributed by atoms with Crippen molar-refractivity contribution in [2.24, 2.45) is 5.92 Å². The molecule has 2 aliphatic heterocycles. The van der Waals surface area contributed by atoms with Crippen LogP contribution in [0.4, 0.5) is 22.8 Å². The highest BCUT2D eigenvalue weighted by atomic mass is 19.4. The predicted octanol–water partition coefficient (Wildman–Crippen LogP) is 3.31. The van der Waals surface area contributed by atoms with Gasteiger partial charge in [-0.3, -0.25) is 0 Å². The van der Waals surface area contributed by atoms with E-state index in [1.165, 1.54) is 12.1 Å². The van der Waals surface area contributed by atoms with Crippen LogP contribution in [0.5, 0.6) is 0 Å². The lowest BCUT2D eigenvalue weighted by Gasteiger charge is -2.41. The topological polar surface area (TPSA) is 71.1 Å². The number of hydrogen-bond donors (Lipinski definition) is 1. The number of nitrogens with zero attached hydrogens (tertiary/aromatic N) is 2. The Morgan fingerprint density at radius 3 is 2.42 bits per heavy atom. The molecule has 1 aromatic carbocycles. The molecule has 1 aromatic rings. The van der Waals surface area contributed by atoms with Gasteiger partial charge in [-0.05, 0) is 37.0 Å². The van der Waals surface area contributed by atoms with Crippen LogP contribution in [-0.2, 0) is 15.7 Å². The number of urea groups is 1. The van der Waals surface area contributed by atoms with E-state index < -0.39 is 17.8 Å². The summed E-state index contributed by atoms with van der Waals surface area (Å²) in [6, 6.07) is 4.99. The number of halogens is 3. The van der Waals surface area contributed by atoms with Crippen LogP contribution in [0.1, 0.15) is 30.4 Å². The van der Waals surface area contributed by atoms with Gasteiger partial charge in [0.15, 0.2) is 0 Å². The van der Waals surface area contributed by atoms with E-state index in [1.54, 1.807) is 16.7 Å². The smallest absolute Gasteiger partial charge is 0.416 e. The van der Waals surface area contributed by atoms with Crippen molar-refractivity contribution in [2.75, 3.05) is 52.5 Å². The van der Waals surface area contributed by atoms with Gasteiger partial charge in [0.2, 0.25) is 0 Å². The molecule has 0 aromatic heterocycles. The second-order valence-electron chi connectivity index (χ2n) is 7.81. The zero-order valence-corrected chi connectivity index (χ0v) is 17.5. The molecule has 10 heteroatoms. The predicted molar refractivity (Wildman–Crippen MR) is 107 cm³/mol. The number of benzene rings is 1. The van der Waals surface area contributed by atoms with Crippen molar-refractivity contribution in [3.05, 3.63) is 35.4 Å². The van der Waals surface area contributed by atoms with Gasteiger partial charge in [-0.15, -0.1) is 0 Å². The number of likely N-dealkylation sites (tertiary alicyclic amines) is 1. The van der Waals surface area contributed by atoms with Gasteiger partial charge in [0, 0.05) is 38.6 Å². The van der Waals surface area contributed by atoms with Gasteiger partial charge in [-0.2, -0.15) is 13.2 Å². The Morgan fingerprint density at radius 1 is 1.13 bits per heavy atom. The molecular weight excluding hydrogens is 415 g/mol. The number of nitrogens with one attached hydrogen (secondary N) is 1. The molecule has 2 aliphatic rings. The monoisotopic (exact) mass is 443 g/mol. The number of alkyl carbamates (subject to hydrolysis) is 1. The summed E-state index contributed by atoms with van der Waals surface area (Å²) in [6.07, 6.45) is -4.27. The lowest BCUT2D eigenvalue weighted by atomic mass is 9.84. The van der Waals surface area contributed by atoms with E-state index in [9.17, 15) is 22.8 Å². The second kappa shape index (κ2) is 10.2. The Balaban J connectivity index is 1.73. The van der Waals surface area contributed by atoms with Crippen LogP contribution in [0.15, 0.2) is 24.3 Å². The number of ether oxygens (including phenoxy) is 2. The number of hydrogen-bond acceptors (Lipinski definition) is 4. The largest absolute Gasteiger partial charge is 0.450 e. The van der Waals surface area contributed by atoms with Gasteiger partial charge < -0.3 is 24.6 Å². The molecule has 2 saturated heterocycles. The van der Waals surface area contributed by atoms with Crippen molar-refractivity contribution in [1.29, 1.82) is 0 Å². The lowest BCUT2D eigenvalue weighted by Crippen LogP contribution is -2.53. The summed E-state index contributed by atoms with van der Waals surface area (Å²) >= 11 is 0. The number of carbonyl (C=O) groups is 2. The first-order valence-electron chi connectivity index (χ1n) is 10.5.